The van der Waals surface area contributed by atoms with Crippen molar-refractivity contribution in [1.29, 1.82) is 0 Å². The molecular formula is C27H28N2O7. The van der Waals surface area contributed by atoms with Crippen LogP contribution in [0.4, 0.5) is 5.69 Å². The third-order valence-corrected chi connectivity index (χ3v) is 5.58. The third kappa shape index (κ3) is 5.80. The Hall–Kier alpha value is -4.40. The van der Waals surface area contributed by atoms with E-state index in [1.54, 1.807) is 36.4 Å². The molecule has 1 atom stereocenters. The molecule has 4 rings (SSSR count). The maximum absolute atomic E-state index is 12.9. The normalized spacial score (nSPS) is 12.8. The van der Waals surface area contributed by atoms with Crippen LogP contribution in [0.25, 0.3) is 0 Å². The summed E-state index contributed by atoms with van der Waals surface area (Å²) in [5.74, 6) is 1.93. The summed E-state index contributed by atoms with van der Waals surface area (Å²) in [6, 6.07) is 17.2. The Labute approximate surface area is 209 Å². The van der Waals surface area contributed by atoms with Crippen molar-refractivity contribution < 1.29 is 33.3 Å². The van der Waals surface area contributed by atoms with E-state index in [1.807, 2.05) is 31.2 Å². The maximum atomic E-state index is 12.9. The first-order chi connectivity index (χ1) is 17.5. The van der Waals surface area contributed by atoms with E-state index in [1.165, 1.54) is 14.2 Å². The van der Waals surface area contributed by atoms with Gasteiger partial charge in [-0.05, 0) is 55.0 Å². The Morgan fingerprint density at radius 3 is 2.42 bits per heavy atom. The molecule has 3 aromatic carbocycles. The second kappa shape index (κ2) is 11.4. The average molecular weight is 493 g/mol. The minimum atomic E-state index is -0.364. The van der Waals surface area contributed by atoms with Crippen LogP contribution in [0.2, 0.25) is 0 Å². The van der Waals surface area contributed by atoms with Crippen molar-refractivity contribution in [3.63, 3.8) is 0 Å². The van der Waals surface area contributed by atoms with Gasteiger partial charge in [-0.25, -0.2) is 0 Å². The summed E-state index contributed by atoms with van der Waals surface area (Å²) in [4.78, 5) is 25.2. The number of hydrogen-bond acceptors (Lipinski definition) is 7. The van der Waals surface area contributed by atoms with Crippen LogP contribution in [-0.2, 0) is 4.79 Å². The van der Waals surface area contributed by atoms with Crippen molar-refractivity contribution in [3.05, 3.63) is 71.8 Å². The molecule has 36 heavy (non-hydrogen) atoms. The molecule has 2 amide bonds. The van der Waals surface area contributed by atoms with Gasteiger partial charge < -0.3 is 34.3 Å². The van der Waals surface area contributed by atoms with E-state index in [0.29, 0.717) is 53.2 Å². The van der Waals surface area contributed by atoms with E-state index >= 15 is 0 Å². The lowest BCUT2D eigenvalue weighted by molar-refractivity contribution is -0.118. The minimum absolute atomic E-state index is 0.249. The molecule has 0 spiro atoms. The number of amides is 2. The molecule has 0 bridgehead atoms. The molecule has 9 nitrogen and oxygen atoms in total. The zero-order chi connectivity index (χ0) is 25.5. The van der Waals surface area contributed by atoms with Crippen molar-refractivity contribution in [1.82, 2.24) is 5.32 Å². The second-order valence-electron chi connectivity index (χ2n) is 8.00. The van der Waals surface area contributed by atoms with Gasteiger partial charge in [-0.3, -0.25) is 9.59 Å². The molecule has 0 aliphatic carbocycles. The Morgan fingerprint density at radius 2 is 1.64 bits per heavy atom. The number of carbonyl (C=O) groups excluding carboxylic acids is 2. The van der Waals surface area contributed by atoms with Gasteiger partial charge in [0, 0.05) is 5.56 Å². The van der Waals surface area contributed by atoms with Gasteiger partial charge >= 0.3 is 0 Å². The minimum Gasteiger partial charge on any atom is -0.495 e. The molecule has 188 valence electrons. The molecule has 0 radical (unpaired) electrons. The number of methoxy groups -OCH3 is 2. The molecule has 9 heteroatoms. The monoisotopic (exact) mass is 492 g/mol. The van der Waals surface area contributed by atoms with Gasteiger partial charge in [-0.15, -0.1) is 0 Å². The predicted molar refractivity (Wildman–Crippen MR) is 133 cm³/mol. The zero-order valence-corrected chi connectivity index (χ0v) is 20.3. The molecule has 2 N–H and O–H groups in total. The molecule has 0 aromatic heterocycles. The Bertz CT molecular complexity index is 1240. The van der Waals surface area contributed by atoms with Crippen LogP contribution in [0.3, 0.4) is 0 Å². The molecule has 0 fully saturated rings. The van der Waals surface area contributed by atoms with Gasteiger partial charge in [0.2, 0.25) is 0 Å². The number of rotatable bonds is 9. The first-order valence-electron chi connectivity index (χ1n) is 11.4. The fraction of sp³-hybridized carbons (Fsp3) is 0.259. The van der Waals surface area contributed by atoms with Gasteiger partial charge in [0.25, 0.3) is 11.8 Å². The van der Waals surface area contributed by atoms with Crippen LogP contribution in [0, 0.1) is 0 Å². The predicted octanol–water partition coefficient (Wildman–Crippen LogP) is 3.98. The Balaban J connectivity index is 1.37. The molecule has 1 heterocycles. The summed E-state index contributed by atoms with van der Waals surface area (Å²) in [5, 5.41) is 5.71. The van der Waals surface area contributed by atoms with Crippen molar-refractivity contribution in [2.75, 3.05) is 39.4 Å². The Kier molecular flexibility index (Phi) is 7.79. The lowest BCUT2D eigenvalue weighted by Gasteiger charge is -2.21. The summed E-state index contributed by atoms with van der Waals surface area (Å²) in [6.45, 7) is 2.65. The third-order valence-electron chi connectivity index (χ3n) is 5.58. The van der Waals surface area contributed by atoms with E-state index in [0.717, 1.165) is 5.56 Å². The second-order valence-corrected chi connectivity index (χ2v) is 8.00. The van der Waals surface area contributed by atoms with Gasteiger partial charge in [-0.1, -0.05) is 18.2 Å². The van der Waals surface area contributed by atoms with Crippen molar-refractivity contribution >= 4 is 17.5 Å². The lowest BCUT2D eigenvalue weighted by atomic mass is 10.1. The standard InChI is InChI=1S/C27H28N2O7/c1-17(18-8-10-23-25(14-18)35-13-12-34-23)28-27(31)19-9-11-22(24(15-19)33-3)36-16-26(30)29-20-6-4-5-7-21(20)32-2/h4-11,14-15,17H,12-13,16H2,1-3H3,(H,28,31)(H,29,30)/t17-/m0/s1. The highest BCUT2D eigenvalue weighted by Crippen LogP contribution is 2.33. The molecular weight excluding hydrogens is 464 g/mol. The number of hydrogen-bond donors (Lipinski definition) is 2. The van der Waals surface area contributed by atoms with Gasteiger partial charge in [0.15, 0.2) is 29.6 Å². The van der Waals surface area contributed by atoms with Crippen LogP contribution in [0.5, 0.6) is 28.7 Å². The van der Waals surface area contributed by atoms with Gasteiger partial charge in [0.05, 0.1) is 25.9 Å². The van der Waals surface area contributed by atoms with E-state index in [2.05, 4.69) is 10.6 Å². The molecule has 1 aliphatic heterocycles. The SMILES string of the molecule is COc1ccccc1NC(=O)COc1ccc(C(=O)N[C@@H](C)c2ccc3c(c2)OCCO3)cc1OC. The molecule has 3 aromatic rings. The molecule has 0 saturated carbocycles. The molecule has 1 aliphatic rings. The first kappa shape index (κ1) is 24.7. The lowest BCUT2D eigenvalue weighted by Crippen LogP contribution is -2.27. The summed E-state index contributed by atoms with van der Waals surface area (Å²) in [5.41, 5.74) is 1.82. The van der Waals surface area contributed by atoms with E-state index < -0.39 is 0 Å². The Morgan fingerprint density at radius 1 is 0.889 bits per heavy atom. The van der Waals surface area contributed by atoms with E-state index in [4.69, 9.17) is 23.7 Å². The first-order valence-corrected chi connectivity index (χ1v) is 11.4. The molecule has 0 saturated heterocycles. The fourth-order valence-electron chi connectivity index (χ4n) is 3.70. The quantitative estimate of drug-likeness (QED) is 0.466. The fourth-order valence-corrected chi connectivity index (χ4v) is 3.70. The summed E-state index contributed by atoms with van der Waals surface area (Å²) < 4.78 is 27.4. The van der Waals surface area contributed by atoms with Crippen molar-refractivity contribution in [3.8, 4) is 28.7 Å². The summed E-state index contributed by atoms with van der Waals surface area (Å²) in [7, 11) is 3.00. The van der Waals surface area contributed by atoms with E-state index in [-0.39, 0.29) is 24.5 Å². The number of carbonyl (C=O) groups is 2. The number of ether oxygens (including phenoxy) is 5. The van der Waals surface area contributed by atoms with Crippen LogP contribution in [0.15, 0.2) is 60.7 Å². The zero-order valence-electron chi connectivity index (χ0n) is 20.3. The van der Waals surface area contributed by atoms with Crippen LogP contribution in [0.1, 0.15) is 28.9 Å². The number of anilines is 1. The van der Waals surface area contributed by atoms with Crippen molar-refractivity contribution in [2.24, 2.45) is 0 Å². The molecule has 0 unspecified atom stereocenters. The number of para-hydroxylation sites is 2. The number of nitrogens with one attached hydrogen (secondary N) is 2. The number of fused-ring (bicyclic) bond motifs is 1. The van der Waals surface area contributed by atoms with Gasteiger partial charge in [-0.2, -0.15) is 0 Å². The highest BCUT2D eigenvalue weighted by atomic mass is 16.6. The van der Waals surface area contributed by atoms with E-state index in [9.17, 15) is 9.59 Å². The largest absolute Gasteiger partial charge is 0.495 e. The smallest absolute Gasteiger partial charge is 0.262 e. The summed E-state index contributed by atoms with van der Waals surface area (Å²) in [6.07, 6.45) is 0. The van der Waals surface area contributed by atoms with Crippen LogP contribution >= 0.6 is 0 Å². The van der Waals surface area contributed by atoms with Crippen molar-refractivity contribution in [2.45, 2.75) is 13.0 Å². The van der Waals surface area contributed by atoms with Crippen LogP contribution < -0.4 is 34.3 Å². The highest BCUT2D eigenvalue weighted by Gasteiger charge is 2.18. The topological polar surface area (TPSA) is 104 Å². The maximum Gasteiger partial charge on any atom is 0.262 e. The summed E-state index contributed by atoms with van der Waals surface area (Å²) >= 11 is 0. The van der Waals surface area contributed by atoms with Gasteiger partial charge in [0.1, 0.15) is 19.0 Å². The highest BCUT2D eigenvalue weighted by molar-refractivity contribution is 5.95. The average Bonchev–Trinajstić information content (AvgIpc) is 2.91. The van der Waals surface area contributed by atoms with Crippen LogP contribution in [-0.4, -0.2) is 45.9 Å². The number of benzene rings is 3.